The number of hydrogen-bond donors (Lipinski definition) is 2. The zero-order valence-corrected chi connectivity index (χ0v) is 15.4. The normalized spacial score (nSPS) is 55.6. The van der Waals surface area contributed by atoms with Gasteiger partial charge in [-0.3, -0.25) is 0 Å². The summed E-state index contributed by atoms with van der Waals surface area (Å²) in [5, 5.41) is 21.3. The van der Waals surface area contributed by atoms with Gasteiger partial charge in [0.15, 0.2) is 0 Å². The molecule has 3 rings (SSSR count). The van der Waals surface area contributed by atoms with Gasteiger partial charge in [0, 0.05) is 0 Å². The van der Waals surface area contributed by atoms with Crippen LogP contribution in [0.5, 0.6) is 0 Å². The van der Waals surface area contributed by atoms with Crippen LogP contribution in [0.2, 0.25) is 0 Å². The maximum Gasteiger partial charge on any atom is 0.110 e. The average Bonchev–Trinajstić information content (AvgIpc) is 2.46. The van der Waals surface area contributed by atoms with Gasteiger partial charge in [-0.25, -0.2) is 0 Å². The predicted octanol–water partition coefficient (Wildman–Crippen LogP) is 3.68. The smallest absolute Gasteiger partial charge is 0.110 e. The highest BCUT2D eigenvalue weighted by atomic mass is 16.5. The first-order valence-corrected chi connectivity index (χ1v) is 9.19. The van der Waals surface area contributed by atoms with Crippen LogP contribution in [0.15, 0.2) is 12.7 Å². The Balaban J connectivity index is 1.99. The van der Waals surface area contributed by atoms with E-state index >= 15 is 0 Å². The van der Waals surface area contributed by atoms with Crippen LogP contribution in [0.3, 0.4) is 0 Å². The van der Waals surface area contributed by atoms with Crippen molar-refractivity contribution in [2.24, 2.45) is 22.7 Å². The quantitative estimate of drug-likeness (QED) is 0.724. The van der Waals surface area contributed by atoms with Crippen LogP contribution in [0.1, 0.15) is 66.7 Å². The maximum atomic E-state index is 10.7. The van der Waals surface area contributed by atoms with E-state index in [1.807, 2.05) is 6.92 Å². The van der Waals surface area contributed by atoms with E-state index in [4.69, 9.17) is 4.74 Å². The summed E-state index contributed by atoms with van der Waals surface area (Å²) >= 11 is 0. The summed E-state index contributed by atoms with van der Waals surface area (Å²) in [6, 6.07) is 0. The summed E-state index contributed by atoms with van der Waals surface area (Å²) in [5.74, 6) is 0.796. The molecule has 1 heterocycles. The lowest BCUT2D eigenvalue weighted by molar-refractivity contribution is -0.288. The third kappa shape index (κ3) is 2.26. The molecule has 1 saturated heterocycles. The SMILES string of the molecule is C=C[C@]1(C)O[C@@]2(C)CCC3C(C)(C)[C@@H](O)CC[C@@]3(C)C2C[C@H]1O. The summed E-state index contributed by atoms with van der Waals surface area (Å²) in [5.41, 5.74) is -0.832. The van der Waals surface area contributed by atoms with Gasteiger partial charge in [0.05, 0.1) is 17.8 Å². The first kappa shape index (κ1) is 17.4. The van der Waals surface area contributed by atoms with Crippen molar-refractivity contribution in [3.8, 4) is 0 Å². The summed E-state index contributed by atoms with van der Waals surface area (Å²) in [7, 11) is 0. The fourth-order valence-corrected chi connectivity index (χ4v) is 6.34. The van der Waals surface area contributed by atoms with E-state index in [1.54, 1.807) is 6.08 Å². The second kappa shape index (κ2) is 5.06. The lowest BCUT2D eigenvalue weighted by atomic mass is 9.43. The molecule has 23 heavy (non-hydrogen) atoms. The first-order chi connectivity index (χ1) is 10.5. The van der Waals surface area contributed by atoms with Crippen molar-refractivity contribution in [1.29, 1.82) is 0 Å². The van der Waals surface area contributed by atoms with E-state index in [1.165, 1.54) is 0 Å². The molecule has 0 spiro atoms. The Morgan fingerprint density at radius 2 is 1.61 bits per heavy atom. The maximum absolute atomic E-state index is 10.7. The van der Waals surface area contributed by atoms with E-state index in [-0.39, 0.29) is 22.5 Å². The fraction of sp³-hybridized carbons (Fsp3) is 0.900. The number of aliphatic hydroxyl groups is 2. The van der Waals surface area contributed by atoms with E-state index in [2.05, 4.69) is 34.3 Å². The van der Waals surface area contributed by atoms with Gasteiger partial charge >= 0.3 is 0 Å². The molecule has 3 aliphatic rings. The molecule has 0 bridgehead atoms. The Hall–Kier alpha value is -0.380. The van der Waals surface area contributed by atoms with E-state index < -0.39 is 11.7 Å². The highest BCUT2D eigenvalue weighted by Gasteiger charge is 2.64. The van der Waals surface area contributed by atoms with E-state index in [0.29, 0.717) is 11.8 Å². The highest BCUT2D eigenvalue weighted by Crippen LogP contribution is 2.65. The van der Waals surface area contributed by atoms with Gasteiger partial charge in [-0.05, 0) is 68.6 Å². The first-order valence-electron chi connectivity index (χ1n) is 9.19. The molecule has 1 aliphatic heterocycles. The van der Waals surface area contributed by atoms with Crippen molar-refractivity contribution in [2.45, 2.75) is 90.1 Å². The van der Waals surface area contributed by atoms with Crippen molar-refractivity contribution in [2.75, 3.05) is 0 Å². The molecular weight excluding hydrogens is 288 g/mol. The van der Waals surface area contributed by atoms with Crippen LogP contribution >= 0.6 is 0 Å². The summed E-state index contributed by atoms with van der Waals surface area (Å²) in [4.78, 5) is 0. The van der Waals surface area contributed by atoms with Gasteiger partial charge in [-0.15, -0.1) is 6.58 Å². The molecule has 0 aromatic heterocycles. The van der Waals surface area contributed by atoms with Crippen molar-refractivity contribution < 1.29 is 14.9 Å². The Kier molecular flexibility index (Phi) is 3.84. The number of ether oxygens (including phenoxy) is 1. The largest absolute Gasteiger partial charge is 0.393 e. The molecule has 0 aromatic carbocycles. The molecule has 2 unspecified atom stereocenters. The number of fused-ring (bicyclic) bond motifs is 3. The van der Waals surface area contributed by atoms with Crippen LogP contribution in [0, 0.1) is 22.7 Å². The lowest BCUT2D eigenvalue weighted by Crippen LogP contribution is -2.67. The number of hydrogen-bond acceptors (Lipinski definition) is 3. The Morgan fingerprint density at radius 1 is 0.957 bits per heavy atom. The van der Waals surface area contributed by atoms with E-state index in [9.17, 15) is 10.2 Å². The lowest BCUT2D eigenvalue weighted by Gasteiger charge is -2.66. The standard InChI is InChI=1S/C20H34O3/c1-7-19(5)16(22)12-14-18(4)10-9-15(21)17(2,3)13(18)8-11-20(14,6)23-19/h7,13-16,21-22H,1,8-12H2,2-6H3/t13?,14?,15-,16+,18+,19-,20-/m0/s1. The second-order valence-electron chi connectivity index (χ2n) is 9.58. The molecule has 2 saturated carbocycles. The molecule has 7 atom stereocenters. The zero-order valence-electron chi connectivity index (χ0n) is 15.4. The average molecular weight is 322 g/mol. The van der Waals surface area contributed by atoms with Gasteiger partial charge in [0.2, 0.25) is 0 Å². The zero-order chi connectivity index (χ0) is 17.3. The van der Waals surface area contributed by atoms with Crippen molar-refractivity contribution in [3.05, 3.63) is 12.7 Å². The fourth-order valence-electron chi connectivity index (χ4n) is 6.34. The van der Waals surface area contributed by atoms with E-state index in [0.717, 1.165) is 32.1 Å². The molecule has 0 aromatic rings. The third-order valence-electron chi connectivity index (χ3n) is 7.95. The molecule has 2 N–H and O–H groups in total. The van der Waals surface area contributed by atoms with Gasteiger partial charge in [0.25, 0.3) is 0 Å². The Bertz CT molecular complexity index is 501. The van der Waals surface area contributed by atoms with Gasteiger partial charge in [-0.2, -0.15) is 0 Å². The summed E-state index contributed by atoms with van der Waals surface area (Å²) in [6.45, 7) is 14.9. The topological polar surface area (TPSA) is 49.7 Å². The van der Waals surface area contributed by atoms with Crippen molar-refractivity contribution in [3.63, 3.8) is 0 Å². The summed E-state index contributed by atoms with van der Waals surface area (Å²) in [6.07, 6.45) is 5.73. The van der Waals surface area contributed by atoms with Gasteiger partial charge in [-0.1, -0.05) is 26.8 Å². The van der Waals surface area contributed by atoms with Gasteiger partial charge < -0.3 is 14.9 Å². The van der Waals surface area contributed by atoms with Crippen LogP contribution in [-0.4, -0.2) is 33.6 Å². The van der Waals surface area contributed by atoms with Crippen LogP contribution in [0.4, 0.5) is 0 Å². The van der Waals surface area contributed by atoms with Crippen LogP contribution in [-0.2, 0) is 4.74 Å². The molecule has 132 valence electrons. The predicted molar refractivity (Wildman–Crippen MR) is 92.1 cm³/mol. The van der Waals surface area contributed by atoms with Gasteiger partial charge in [0.1, 0.15) is 5.60 Å². The molecule has 3 heteroatoms. The molecular formula is C20H34O3. The molecule has 3 fully saturated rings. The van der Waals surface area contributed by atoms with Crippen LogP contribution < -0.4 is 0 Å². The second-order valence-corrected chi connectivity index (χ2v) is 9.58. The molecule has 0 amide bonds. The number of rotatable bonds is 1. The molecule has 2 aliphatic carbocycles. The van der Waals surface area contributed by atoms with Crippen LogP contribution in [0.25, 0.3) is 0 Å². The Morgan fingerprint density at radius 3 is 2.22 bits per heavy atom. The third-order valence-corrected chi connectivity index (χ3v) is 7.95. The molecule has 3 nitrogen and oxygen atoms in total. The monoisotopic (exact) mass is 322 g/mol. The Labute approximate surface area is 141 Å². The highest BCUT2D eigenvalue weighted by molar-refractivity contribution is 5.15. The molecule has 0 radical (unpaired) electrons. The number of aliphatic hydroxyl groups excluding tert-OH is 2. The minimum Gasteiger partial charge on any atom is -0.393 e. The minimum absolute atomic E-state index is 0.0710. The summed E-state index contributed by atoms with van der Waals surface area (Å²) < 4.78 is 6.51. The van der Waals surface area contributed by atoms with Crippen molar-refractivity contribution >= 4 is 0 Å². The minimum atomic E-state index is -0.655. The van der Waals surface area contributed by atoms with Crippen molar-refractivity contribution in [1.82, 2.24) is 0 Å².